The summed E-state index contributed by atoms with van der Waals surface area (Å²) in [6.45, 7) is 9.14. The normalized spacial score (nSPS) is 17.1. The lowest BCUT2D eigenvalue weighted by molar-refractivity contribution is -0.482. The molecule has 7 heteroatoms. The summed E-state index contributed by atoms with van der Waals surface area (Å²) >= 11 is 0. The third-order valence-electron chi connectivity index (χ3n) is 7.10. The highest BCUT2D eigenvalue weighted by atomic mass is 19.5. The second-order valence-corrected chi connectivity index (χ2v) is 10.6. The van der Waals surface area contributed by atoms with Gasteiger partial charge in [-0.05, 0) is 24.0 Å². The van der Waals surface area contributed by atoms with Crippen molar-refractivity contribution in [2.75, 3.05) is 4.90 Å². The van der Waals surface area contributed by atoms with Crippen molar-refractivity contribution < 1.29 is 21.8 Å². The number of nitrogens with zero attached hydrogens (tertiary/aromatic N) is 2. The first kappa shape index (κ1) is 29.1. The molecule has 0 saturated carbocycles. The minimum absolute atomic E-state index is 0.138. The van der Waals surface area contributed by atoms with E-state index in [9.17, 15) is 17.3 Å². The Bertz CT molecular complexity index is 1410. The minimum atomic E-state index is -6.00. The van der Waals surface area contributed by atoms with E-state index in [-0.39, 0.29) is 12.1 Å². The SMILES string of the molecule is CC(C)c1ccccc1N1C=[N+](c2ccccc2C(C)C)[C@H](c2ccccc2)[C@H]1c1ccccc1.F[B-](F)(F)F. The Morgan fingerprint density at radius 2 is 1.05 bits per heavy atom. The number of anilines is 1. The van der Waals surface area contributed by atoms with Crippen LogP contribution in [-0.4, -0.2) is 18.2 Å². The molecule has 0 aliphatic carbocycles. The summed E-state index contributed by atoms with van der Waals surface area (Å²) in [4.78, 5) is 2.51. The highest BCUT2D eigenvalue weighted by molar-refractivity contribution is 6.50. The molecule has 1 heterocycles. The molecule has 0 bridgehead atoms. The van der Waals surface area contributed by atoms with Crippen LogP contribution < -0.4 is 4.90 Å². The van der Waals surface area contributed by atoms with E-state index in [1.165, 1.54) is 33.6 Å². The molecular weight excluding hydrogens is 511 g/mol. The van der Waals surface area contributed by atoms with Crippen LogP contribution in [0.5, 0.6) is 0 Å². The van der Waals surface area contributed by atoms with Crippen molar-refractivity contribution in [3.63, 3.8) is 0 Å². The zero-order valence-electron chi connectivity index (χ0n) is 23.3. The summed E-state index contributed by atoms with van der Waals surface area (Å²) in [7, 11) is -6.00. The molecule has 4 aromatic rings. The molecule has 0 amide bonds. The molecule has 0 fully saturated rings. The monoisotopic (exact) mass is 546 g/mol. The predicted octanol–water partition coefficient (Wildman–Crippen LogP) is 9.91. The Labute approximate surface area is 234 Å². The summed E-state index contributed by atoms with van der Waals surface area (Å²) in [5.41, 5.74) is 7.94. The van der Waals surface area contributed by atoms with Crippen LogP contribution in [-0.2, 0) is 0 Å². The number of para-hydroxylation sites is 2. The molecule has 5 rings (SSSR count). The lowest BCUT2D eigenvalue weighted by Crippen LogP contribution is -2.27. The Kier molecular flexibility index (Phi) is 9.13. The van der Waals surface area contributed by atoms with Gasteiger partial charge in [-0.3, -0.25) is 0 Å². The van der Waals surface area contributed by atoms with Crippen LogP contribution in [0, 0.1) is 0 Å². The van der Waals surface area contributed by atoms with E-state index in [1.54, 1.807) is 0 Å². The van der Waals surface area contributed by atoms with Crippen LogP contribution in [0.2, 0.25) is 0 Å². The van der Waals surface area contributed by atoms with Crippen LogP contribution >= 0.6 is 0 Å². The Morgan fingerprint density at radius 1 is 0.600 bits per heavy atom. The Balaban J connectivity index is 0.000000681. The molecule has 0 radical (unpaired) electrons. The first-order valence-corrected chi connectivity index (χ1v) is 13.6. The van der Waals surface area contributed by atoms with Crippen molar-refractivity contribution >= 4 is 25.0 Å². The summed E-state index contributed by atoms with van der Waals surface area (Å²) < 4.78 is 41.5. The fraction of sp³-hybridized carbons (Fsp3) is 0.242. The lowest BCUT2D eigenvalue weighted by atomic mass is 9.90. The van der Waals surface area contributed by atoms with E-state index < -0.39 is 7.25 Å². The number of hydrogen-bond acceptors (Lipinski definition) is 1. The zero-order valence-corrected chi connectivity index (χ0v) is 23.3. The van der Waals surface area contributed by atoms with Gasteiger partial charge >= 0.3 is 7.25 Å². The van der Waals surface area contributed by atoms with Gasteiger partial charge in [-0.25, -0.2) is 9.48 Å². The number of hydrogen-bond donors (Lipinski definition) is 0. The molecule has 1 aliphatic heterocycles. The van der Waals surface area contributed by atoms with E-state index in [0.29, 0.717) is 11.8 Å². The van der Waals surface area contributed by atoms with Crippen molar-refractivity contribution in [2.45, 2.75) is 51.6 Å². The number of benzene rings is 4. The third-order valence-corrected chi connectivity index (χ3v) is 7.10. The topological polar surface area (TPSA) is 6.25 Å². The van der Waals surface area contributed by atoms with E-state index in [4.69, 9.17) is 0 Å². The second kappa shape index (κ2) is 12.5. The van der Waals surface area contributed by atoms with Gasteiger partial charge in [-0.15, -0.1) is 0 Å². The van der Waals surface area contributed by atoms with Gasteiger partial charge in [-0.1, -0.05) is 125 Å². The summed E-state index contributed by atoms with van der Waals surface area (Å²) in [5.74, 6) is 0.867. The van der Waals surface area contributed by atoms with Gasteiger partial charge in [0.2, 0.25) is 6.34 Å². The van der Waals surface area contributed by atoms with Gasteiger partial charge in [0.1, 0.15) is 11.4 Å². The van der Waals surface area contributed by atoms with E-state index >= 15 is 0 Å². The van der Waals surface area contributed by atoms with Gasteiger partial charge in [-0.2, -0.15) is 0 Å². The average molecular weight is 546 g/mol. The van der Waals surface area contributed by atoms with Gasteiger partial charge in [0.05, 0.1) is 0 Å². The third kappa shape index (κ3) is 6.82. The maximum absolute atomic E-state index is 9.75. The molecule has 0 aromatic heterocycles. The molecule has 0 N–H and O–H groups in total. The highest BCUT2D eigenvalue weighted by Crippen LogP contribution is 2.47. The molecule has 2 atom stereocenters. The first-order valence-electron chi connectivity index (χ1n) is 13.6. The fourth-order valence-corrected chi connectivity index (χ4v) is 5.41. The van der Waals surface area contributed by atoms with Gasteiger partial charge in [0.15, 0.2) is 12.1 Å². The van der Waals surface area contributed by atoms with Crippen LogP contribution in [0.4, 0.5) is 28.6 Å². The van der Waals surface area contributed by atoms with Crippen LogP contribution in [0.3, 0.4) is 0 Å². The second-order valence-electron chi connectivity index (χ2n) is 10.6. The van der Waals surface area contributed by atoms with E-state index in [0.717, 1.165) is 0 Å². The summed E-state index contributed by atoms with van der Waals surface area (Å²) in [5, 5.41) is 0. The smallest absolute Gasteiger partial charge is 0.418 e. The van der Waals surface area contributed by atoms with Crippen LogP contribution in [0.25, 0.3) is 0 Å². The first-order chi connectivity index (χ1) is 19.1. The standard InChI is InChI=1S/C33H35N2.BF4/c1-24(2)28-19-11-13-21-30(28)34-23-35(31-22-14-12-20-29(31)25(3)4)33(27-17-9-6-10-18-27)32(34)26-15-7-5-8-16-26;2-1(3,4)5/h5-25,32-33H,1-4H3;/q+1;-1/t32-,33-;/m1./s1. The number of rotatable bonds is 6. The Morgan fingerprint density at radius 3 is 1.60 bits per heavy atom. The number of halogens is 4. The highest BCUT2D eigenvalue weighted by Gasteiger charge is 2.46. The van der Waals surface area contributed by atoms with E-state index in [1.807, 2.05) is 0 Å². The average Bonchev–Trinajstić information content (AvgIpc) is 3.33. The van der Waals surface area contributed by atoms with Crippen molar-refractivity contribution in [3.05, 3.63) is 131 Å². The minimum Gasteiger partial charge on any atom is -0.418 e. The van der Waals surface area contributed by atoms with Gasteiger partial charge in [0.25, 0.3) is 0 Å². The molecule has 0 saturated heterocycles. The zero-order chi connectivity index (χ0) is 28.9. The summed E-state index contributed by atoms with van der Waals surface area (Å²) in [6.07, 6.45) is 2.36. The van der Waals surface area contributed by atoms with Gasteiger partial charge < -0.3 is 17.3 Å². The van der Waals surface area contributed by atoms with E-state index in [2.05, 4.69) is 153 Å². The van der Waals surface area contributed by atoms with Crippen molar-refractivity contribution in [1.29, 1.82) is 0 Å². The van der Waals surface area contributed by atoms with Crippen LogP contribution in [0.1, 0.15) is 73.9 Å². The predicted molar refractivity (Wildman–Crippen MR) is 158 cm³/mol. The molecule has 208 valence electrons. The lowest BCUT2D eigenvalue weighted by Gasteiger charge is -2.26. The van der Waals surface area contributed by atoms with Crippen molar-refractivity contribution in [1.82, 2.24) is 0 Å². The molecule has 1 aliphatic rings. The van der Waals surface area contributed by atoms with Crippen molar-refractivity contribution in [2.24, 2.45) is 0 Å². The molecule has 4 aromatic carbocycles. The largest absolute Gasteiger partial charge is 0.673 e. The maximum atomic E-state index is 9.75. The molecule has 40 heavy (non-hydrogen) atoms. The van der Waals surface area contributed by atoms with Crippen LogP contribution in [0.15, 0.2) is 109 Å². The molecule has 2 nitrogen and oxygen atoms in total. The molecule has 0 spiro atoms. The maximum Gasteiger partial charge on any atom is 0.673 e. The molecular formula is C33H35BF4N2. The summed E-state index contributed by atoms with van der Waals surface area (Å²) in [6, 6.07) is 40.0. The fourth-order valence-electron chi connectivity index (χ4n) is 5.41. The Hall–Kier alpha value is -3.87. The van der Waals surface area contributed by atoms with Crippen molar-refractivity contribution in [3.8, 4) is 0 Å². The quantitative estimate of drug-likeness (QED) is 0.133. The van der Waals surface area contributed by atoms with Gasteiger partial charge in [0, 0.05) is 22.3 Å². The molecule has 0 unspecified atom stereocenters.